The molecule has 0 saturated carbocycles. The molecule has 18 heavy (non-hydrogen) atoms. The van der Waals surface area contributed by atoms with Crippen molar-refractivity contribution >= 4 is 23.3 Å². The summed E-state index contributed by atoms with van der Waals surface area (Å²) in [6, 6.07) is 1.95. The molecule has 0 aliphatic rings. The van der Waals surface area contributed by atoms with Crippen LogP contribution in [0.25, 0.3) is 0 Å². The lowest BCUT2D eigenvalue weighted by Gasteiger charge is -2.29. The highest BCUT2D eigenvalue weighted by Gasteiger charge is 2.18. The van der Waals surface area contributed by atoms with E-state index in [0.717, 1.165) is 13.0 Å². The van der Waals surface area contributed by atoms with Crippen molar-refractivity contribution in [3.05, 3.63) is 22.8 Å². The Balaban J connectivity index is 3.25. The molecule has 1 heterocycles. The van der Waals surface area contributed by atoms with Gasteiger partial charge in [-0.2, -0.15) is 0 Å². The Hall–Kier alpha value is -1.49. The van der Waals surface area contributed by atoms with Crippen molar-refractivity contribution in [2.75, 3.05) is 11.4 Å². The second-order valence-electron chi connectivity index (χ2n) is 4.02. The summed E-state index contributed by atoms with van der Waals surface area (Å²) in [5.74, 6) is 0.654. The molecule has 0 amide bonds. The molecule has 3 N–H and O–H groups in total. The van der Waals surface area contributed by atoms with Crippen molar-refractivity contribution in [1.82, 2.24) is 4.98 Å². The Morgan fingerprint density at radius 2 is 2.28 bits per heavy atom. The van der Waals surface area contributed by atoms with Crippen LogP contribution in [-0.2, 0) is 0 Å². The lowest BCUT2D eigenvalue weighted by atomic mass is 10.2. The van der Waals surface area contributed by atoms with Crippen LogP contribution in [0.4, 0.5) is 5.82 Å². The Bertz CT molecular complexity index is 436. The van der Waals surface area contributed by atoms with Crippen molar-refractivity contribution in [2.24, 2.45) is 10.9 Å². The molecule has 1 rings (SSSR count). The van der Waals surface area contributed by atoms with Crippen LogP contribution in [0.2, 0.25) is 5.02 Å². The predicted octanol–water partition coefficient (Wildman–Crippen LogP) is 2.45. The Morgan fingerprint density at radius 1 is 1.61 bits per heavy atom. The van der Waals surface area contributed by atoms with Gasteiger partial charge in [-0.1, -0.05) is 23.7 Å². The van der Waals surface area contributed by atoms with Gasteiger partial charge in [0, 0.05) is 24.3 Å². The monoisotopic (exact) mass is 270 g/mol. The normalized spacial score (nSPS) is 13.4. The van der Waals surface area contributed by atoms with Gasteiger partial charge in [0.2, 0.25) is 0 Å². The standard InChI is InChI=1S/C12H19ClN4O/c1-4-8(3)17(5-2)12-10(13)9(6-7-15-12)11(14)16-18/h6-8,18H,4-5H2,1-3H3,(H2,14,16). The zero-order valence-electron chi connectivity index (χ0n) is 10.9. The lowest BCUT2D eigenvalue weighted by Crippen LogP contribution is -2.33. The summed E-state index contributed by atoms with van der Waals surface area (Å²) in [5, 5.41) is 12.1. The van der Waals surface area contributed by atoms with E-state index in [1.807, 2.05) is 6.92 Å². The fourth-order valence-corrected chi connectivity index (χ4v) is 2.09. The number of halogens is 1. The van der Waals surface area contributed by atoms with Gasteiger partial charge in [0.25, 0.3) is 0 Å². The first kappa shape index (κ1) is 14.6. The summed E-state index contributed by atoms with van der Waals surface area (Å²) in [6.45, 7) is 7.05. The minimum absolute atomic E-state index is 0.0103. The summed E-state index contributed by atoms with van der Waals surface area (Å²) < 4.78 is 0. The molecule has 0 spiro atoms. The summed E-state index contributed by atoms with van der Waals surface area (Å²) in [6.07, 6.45) is 2.60. The number of hydrogen-bond donors (Lipinski definition) is 2. The van der Waals surface area contributed by atoms with Gasteiger partial charge in [0.05, 0.1) is 5.02 Å². The number of anilines is 1. The van der Waals surface area contributed by atoms with Gasteiger partial charge >= 0.3 is 0 Å². The van der Waals surface area contributed by atoms with Crippen LogP contribution < -0.4 is 10.6 Å². The molecule has 0 fully saturated rings. The molecule has 1 aromatic heterocycles. The van der Waals surface area contributed by atoms with Crippen molar-refractivity contribution in [2.45, 2.75) is 33.2 Å². The van der Waals surface area contributed by atoms with E-state index in [4.69, 9.17) is 22.5 Å². The highest BCUT2D eigenvalue weighted by atomic mass is 35.5. The maximum Gasteiger partial charge on any atom is 0.171 e. The number of nitrogens with two attached hydrogens (primary N) is 1. The van der Waals surface area contributed by atoms with E-state index in [1.165, 1.54) is 0 Å². The molecule has 100 valence electrons. The van der Waals surface area contributed by atoms with Crippen molar-refractivity contribution < 1.29 is 5.21 Å². The van der Waals surface area contributed by atoms with Crippen LogP contribution in [0.3, 0.4) is 0 Å². The average molecular weight is 271 g/mol. The third-order valence-electron chi connectivity index (χ3n) is 2.99. The maximum absolute atomic E-state index is 8.73. The zero-order valence-corrected chi connectivity index (χ0v) is 11.6. The zero-order chi connectivity index (χ0) is 13.7. The highest BCUT2D eigenvalue weighted by molar-refractivity contribution is 6.36. The van der Waals surface area contributed by atoms with Gasteiger partial charge in [0.15, 0.2) is 5.84 Å². The van der Waals surface area contributed by atoms with Gasteiger partial charge in [-0.05, 0) is 26.3 Å². The fraction of sp³-hybridized carbons (Fsp3) is 0.500. The first-order valence-electron chi connectivity index (χ1n) is 5.95. The Morgan fingerprint density at radius 3 is 2.78 bits per heavy atom. The topological polar surface area (TPSA) is 74.7 Å². The summed E-state index contributed by atoms with van der Waals surface area (Å²) in [5.41, 5.74) is 6.08. The highest BCUT2D eigenvalue weighted by Crippen LogP contribution is 2.28. The average Bonchev–Trinajstić information content (AvgIpc) is 2.40. The van der Waals surface area contributed by atoms with Gasteiger partial charge in [-0.25, -0.2) is 4.98 Å². The SMILES string of the molecule is CCC(C)N(CC)c1nccc(/C(N)=N/O)c1Cl. The third-order valence-corrected chi connectivity index (χ3v) is 3.36. The van der Waals surface area contributed by atoms with Gasteiger partial charge in [0.1, 0.15) is 5.82 Å². The largest absolute Gasteiger partial charge is 0.409 e. The molecule has 1 aromatic rings. The van der Waals surface area contributed by atoms with Crippen molar-refractivity contribution in [3.8, 4) is 0 Å². The summed E-state index contributed by atoms with van der Waals surface area (Å²) in [7, 11) is 0. The number of hydrogen-bond acceptors (Lipinski definition) is 4. The predicted molar refractivity (Wildman–Crippen MR) is 74.5 cm³/mol. The first-order valence-corrected chi connectivity index (χ1v) is 6.33. The van der Waals surface area contributed by atoms with E-state index < -0.39 is 0 Å². The molecule has 0 bridgehead atoms. The fourth-order valence-electron chi connectivity index (χ4n) is 1.78. The van der Waals surface area contributed by atoms with Crippen LogP contribution in [0, 0.1) is 0 Å². The molecule has 0 radical (unpaired) electrons. The second-order valence-corrected chi connectivity index (χ2v) is 4.40. The molecule has 0 aromatic carbocycles. The molecule has 0 saturated heterocycles. The third kappa shape index (κ3) is 2.85. The maximum atomic E-state index is 8.73. The molecule has 0 aliphatic carbocycles. The van der Waals surface area contributed by atoms with Crippen LogP contribution in [-0.4, -0.2) is 28.6 Å². The first-order chi connectivity index (χ1) is 8.56. The molecule has 1 unspecified atom stereocenters. The minimum Gasteiger partial charge on any atom is -0.409 e. The molecule has 5 nitrogen and oxygen atoms in total. The number of pyridine rings is 1. The number of amidine groups is 1. The van der Waals surface area contributed by atoms with E-state index in [2.05, 4.69) is 28.9 Å². The summed E-state index contributed by atoms with van der Waals surface area (Å²) in [4.78, 5) is 6.39. The minimum atomic E-state index is -0.0103. The van der Waals surface area contributed by atoms with Crippen LogP contribution >= 0.6 is 11.6 Å². The smallest absolute Gasteiger partial charge is 0.171 e. The molecular weight excluding hydrogens is 252 g/mol. The molecule has 6 heteroatoms. The van der Waals surface area contributed by atoms with Crippen molar-refractivity contribution in [1.29, 1.82) is 0 Å². The van der Waals surface area contributed by atoms with E-state index in [0.29, 0.717) is 22.4 Å². The molecular formula is C12H19ClN4O. The summed E-state index contributed by atoms with van der Waals surface area (Å²) >= 11 is 6.28. The van der Waals surface area contributed by atoms with E-state index in [1.54, 1.807) is 12.3 Å². The van der Waals surface area contributed by atoms with Crippen molar-refractivity contribution in [3.63, 3.8) is 0 Å². The molecule has 0 aliphatic heterocycles. The van der Waals surface area contributed by atoms with E-state index >= 15 is 0 Å². The number of nitrogens with zero attached hydrogens (tertiary/aromatic N) is 3. The number of oxime groups is 1. The van der Waals surface area contributed by atoms with Crippen LogP contribution in [0.15, 0.2) is 17.4 Å². The van der Waals surface area contributed by atoms with Crippen LogP contribution in [0.5, 0.6) is 0 Å². The van der Waals surface area contributed by atoms with Gasteiger partial charge < -0.3 is 15.8 Å². The number of aromatic nitrogens is 1. The second kappa shape index (κ2) is 6.44. The molecule has 1 atom stereocenters. The Labute approximate surface area is 112 Å². The van der Waals surface area contributed by atoms with Gasteiger partial charge in [-0.15, -0.1) is 0 Å². The van der Waals surface area contributed by atoms with Crippen LogP contribution in [0.1, 0.15) is 32.8 Å². The van der Waals surface area contributed by atoms with E-state index in [9.17, 15) is 0 Å². The quantitative estimate of drug-likeness (QED) is 0.373. The Kier molecular flexibility index (Phi) is 5.22. The lowest BCUT2D eigenvalue weighted by molar-refractivity contribution is 0.318. The number of rotatable bonds is 5. The van der Waals surface area contributed by atoms with E-state index in [-0.39, 0.29) is 5.84 Å². The van der Waals surface area contributed by atoms with Gasteiger partial charge in [-0.3, -0.25) is 0 Å².